The van der Waals surface area contributed by atoms with Crippen LogP contribution in [0.5, 0.6) is 0 Å². The van der Waals surface area contributed by atoms with Crippen molar-refractivity contribution >= 4 is 5.91 Å². The smallest absolute Gasteiger partial charge is 0.244 e. The summed E-state index contributed by atoms with van der Waals surface area (Å²) in [5, 5.41) is 4.50. The van der Waals surface area contributed by atoms with Gasteiger partial charge in [0.25, 0.3) is 0 Å². The molecule has 0 aliphatic rings. The highest BCUT2D eigenvalue weighted by molar-refractivity contribution is 5.76. The molecule has 0 aliphatic carbocycles. The van der Waals surface area contributed by atoms with Crippen molar-refractivity contribution in [2.75, 3.05) is 6.54 Å². The lowest BCUT2D eigenvalue weighted by atomic mass is 10.2. The molecule has 3 aromatic rings. The second-order valence-corrected chi connectivity index (χ2v) is 6.78. The van der Waals surface area contributed by atoms with Crippen LogP contribution in [-0.4, -0.2) is 41.7 Å². The molecule has 0 N–H and O–H groups in total. The van der Waals surface area contributed by atoms with Crippen molar-refractivity contribution in [3.63, 3.8) is 0 Å². The molecule has 7 nitrogen and oxygen atoms in total. The van der Waals surface area contributed by atoms with E-state index < -0.39 is 0 Å². The maximum atomic E-state index is 13.0. The van der Waals surface area contributed by atoms with E-state index in [0.29, 0.717) is 13.1 Å². The molecule has 0 fully saturated rings. The maximum absolute atomic E-state index is 13.0. The molecule has 3 heterocycles. The van der Waals surface area contributed by atoms with Crippen LogP contribution in [0.25, 0.3) is 0 Å². The number of carbonyl (C=O) groups excluding carboxylic acids is 1. The Balaban J connectivity index is 1.68. The van der Waals surface area contributed by atoms with Gasteiger partial charge < -0.3 is 9.47 Å². The molecule has 0 spiro atoms. The van der Waals surface area contributed by atoms with E-state index in [1.165, 1.54) is 0 Å². The first kappa shape index (κ1) is 18.8. The van der Waals surface area contributed by atoms with E-state index >= 15 is 0 Å². The van der Waals surface area contributed by atoms with E-state index in [1.807, 2.05) is 54.8 Å². The Morgan fingerprint density at radius 1 is 1.19 bits per heavy atom. The summed E-state index contributed by atoms with van der Waals surface area (Å²) in [7, 11) is 0. The van der Waals surface area contributed by atoms with Crippen LogP contribution in [-0.2, 0) is 24.4 Å². The lowest BCUT2D eigenvalue weighted by Crippen LogP contribution is -2.35. The average Bonchev–Trinajstić information content (AvgIpc) is 3.26. The van der Waals surface area contributed by atoms with Crippen molar-refractivity contribution < 1.29 is 4.79 Å². The molecule has 0 radical (unpaired) electrons. The van der Waals surface area contributed by atoms with Crippen LogP contribution >= 0.6 is 0 Å². The van der Waals surface area contributed by atoms with E-state index in [1.54, 1.807) is 23.4 Å². The number of rotatable bonds is 8. The summed E-state index contributed by atoms with van der Waals surface area (Å²) in [6, 6.07) is 3.89. The molecule has 0 unspecified atom stereocenters. The van der Waals surface area contributed by atoms with Crippen molar-refractivity contribution in [3.05, 3.63) is 65.8 Å². The van der Waals surface area contributed by atoms with Gasteiger partial charge in [-0.2, -0.15) is 5.10 Å². The predicted octanol–water partition coefficient (Wildman–Crippen LogP) is 2.52. The summed E-state index contributed by atoms with van der Waals surface area (Å²) in [5.41, 5.74) is 4.18. The van der Waals surface area contributed by atoms with Gasteiger partial charge in [0.2, 0.25) is 5.91 Å². The summed E-state index contributed by atoms with van der Waals surface area (Å²) in [6.45, 7) is 8.33. The Labute approximate surface area is 159 Å². The molecule has 0 atom stereocenters. The number of aromatic nitrogens is 5. The fourth-order valence-electron chi connectivity index (χ4n) is 3.04. The quantitative estimate of drug-likeness (QED) is 0.614. The third-order valence-electron chi connectivity index (χ3n) is 4.88. The fraction of sp³-hybridized carbons (Fsp3) is 0.400. The first-order valence-corrected chi connectivity index (χ1v) is 9.17. The van der Waals surface area contributed by atoms with Gasteiger partial charge in [0, 0.05) is 50.1 Å². The number of aryl methyl sites for hydroxylation is 2. The number of hydrogen-bond donors (Lipinski definition) is 0. The van der Waals surface area contributed by atoms with E-state index in [2.05, 4.69) is 15.1 Å². The van der Waals surface area contributed by atoms with Gasteiger partial charge in [-0.3, -0.25) is 14.5 Å². The first-order valence-electron chi connectivity index (χ1n) is 9.17. The summed E-state index contributed by atoms with van der Waals surface area (Å²) in [4.78, 5) is 23.1. The van der Waals surface area contributed by atoms with Gasteiger partial charge in [0.15, 0.2) is 0 Å². The van der Waals surface area contributed by atoms with Gasteiger partial charge in [-0.15, -0.1) is 0 Å². The minimum Gasteiger partial charge on any atom is -0.337 e. The molecule has 0 aromatic carbocycles. The van der Waals surface area contributed by atoms with Crippen molar-refractivity contribution in [2.24, 2.45) is 0 Å². The number of imidazole rings is 1. The monoisotopic (exact) mass is 366 g/mol. The Morgan fingerprint density at radius 3 is 2.67 bits per heavy atom. The summed E-state index contributed by atoms with van der Waals surface area (Å²) >= 11 is 0. The van der Waals surface area contributed by atoms with E-state index in [-0.39, 0.29) is 12.5 Å². The fourth-order valence-corrected chi connectivity index (χ4v) is 3.04. The molecule has 0 aliphatic heterocycles. The molecule has 27 heavy (non-hydrogen) atoms. The molecule has 0 saturated carbocycles. The predicted molar refractivity (Wildman–Crippen MR) is 103 cm³/mol. The molecule has 0 saturated heterocycles. The summed E-state index contributed by atoms with van der Waals surface area (Å²) in [6.07, 6.45) is 9.91. The van der Waals surface area contributed by atoms with Crippen LogP contribution in [0, 0.1) is 20.8 Å². The second-order valence-electron chi connectivity index (χ2n) is 6.78. The Bertz CT molecular complexity index is 870. The van der Waals surface area contributed by atoms with Gasteiger partial charge in [-0.25, -0.2) is 4.98 Å². The molecule has 142 valence electrons. The van der Waals surface area contributed by atoms with Gasteiger partial charge in [-0.1, -0.05) is 6.07 Å². The SMILES string of the molecule is Cc1nn(CC(=O)N(CCCn2ccnc2)Cc2cccnc2)c(C)c1C. The van der Waals surface area contributed by atoms with Crippen LogP contribution in [0.2, 0.25) is 0 Å². The lowest BCUT2D eigenvalue weighted by molar-refractivity contribution is -0.132. The Kier molecular flexibility index (Phi) is 6.01. The molecule has 3 rings (SSSR count). The van der Waals surface area contributed by atoms with Crippen LogP contribution in [0.15, 0.2) is 43.2 Å². The zero-order valence-electron chi connectivity index (χ0n) is 16.2. The van der Waals surface area contributed by atoms with Gasteiger partial charge in [0.05, 0.1) is 12.0 Å². The zero-order valence-corrected chi connectivity index (χ0v) is 16.2. The Hall–Kier alpha value is -2.96. The van der Waals surface area contributed by atoms with Crippen LogP contribution in [0.3, 0.4) is 0 Å². The minimum absolute atomic E-state index is 0.0649. The van der Waals surface area contributed by atoms with E-state index in [4.69, 9.17) is 0 Å². The van der Waals surface area contributed by atoms with Gasteiger partial charge in [0.1, 0.15) is 6.54 Å². The summed E-state index contributed by atoms with van der Waals surface area (Å²) < 4.78 is 3.83. The largest absolute Gasteiger partial charge is 0.337 e. The third-order valence-corrected chi connectivity index (χ3v) is 4.88. The van der Waals surface area contributed by atoms with Crippen molar-refractivity contribution in [1.82, 2.24) is 29.2 Å². The van der Waals surface area contributed by atoms with E-state index in [0.717, 1.165) is 35.5 Å². The van der Waals surface area contributed by atoms with Crippen molar-refractivity contribution in [3.8, 4) is 0 Å². The number of nitrogens with zero attached hydrogens (tertiary/aromatic N) is 6. The number of carbonyl (C=O) groups is 1. The lowest BCUT2D eigenvalue weighted by Gasteiger charge is -2.23. The van der Waals surface area contributed by atoms with Crippen LogP contribution in [0.1, 0.15) is 28.9 Å². The second kappa shape index (κ2) is 8.62. The van der Waals surface area contributed by atoms with Gasteiger partial charge >= 0.3 is 0 Å². The average molecular weight is 366 g/mol. The minimum atomic E-state index is 0.0649. The molecular weight excluding hydrogens is 340 g/mol. The van der Waals surface area contributed by atoms with Crippen molar-refractivity contribution in [2.45, 2.75) is 46.8 Å². The van der Waals surface area contributed by atoms with E-state index in [9.17, 15) is 4.79 Å². The van der Waals surface area contributed by atoms with Crippen molar-refractivity contribution in [1.29, 1.82) is 0 Å². The number of amides is 1. The molecular formula is C20H26N6O. The highest BCUT2D eigenvalue weighted by Crippen LogP contribution is 2.12. The molecule has 3 aromatic heterocycles. The highest BCUT2D eigenvalue weighted by Gasteiger charge is 2.17. The van der Waals surface area contributed by atoms with Crippen LogP contribution < -0.4 is 0 Å². The maximum Gasteiger partial charge on any atom is 0.244 e. The Morgan fingerprint density at radius 2 is 2.04 bits per heavy atom. The number of pyridine rings is 1. The normalized spacial score (nSPS) is 10.9. The first-order chi connectivity index (χ1) is 13.0. The number of hydrogen-bond acceptors (Lipinski definition) is 4. The molecule has 7 heteroatoms. The highest BCUT2D eigenvalue weighted by atomic mass is 16.2. The standard InChI is InChI=1S/C20H26N6O/c1-16-17(2)23-26(18(16)3)14-20(27)25(13-19-6-4-7-21-12-19)10-5-9-24-11-8-22-15-24/h4,6-8,11-12,15H,5,9-10,13-14H2,1-3H3. The topological polar surface area (TPSA) is 68.8 Å². The zero-order chi connectivity index (χ0) is 19.2. The van der Waals surface area contributed by atoms with Crippen LogP contribution in [0.4, 0.5) is 0 Å². The van der Waals surface area contributed by atoms with Gasteiger partial charge in [-0.05, 0) is 44.4 Å². The third kappa shape index (κ3) is 4.81. The summed E-state index contributed by atoms with van der Waals surface area (Å²) in [5.74, 6) is 0.0649. The molecule has 0 bridgehead atoms. The molecule has 1 amide bonds.